The summed E-state index contributed by atoms with van der Waals surface area (Å²) < 4.78 is 6.51. The van der Waals surface area contributed by atoms with E-state index < -0.39 is 0 Å². The van der Waals surface area contributed by atoms with Crippen molar-refractivity contribution in [1.82, 2.24) is 5.43 Å². The van der Waals surface area contributed by atoms with Gasteiger partial charge in [0.25, 0.3) is 0 Å². The van der Waals surface area contributed by atoms with Gasteiger partial charge in [0.05, 0.1) is 16.9 Å². The fourth-order valence-electron chi connectivity index (χ4n) is 2.02. The number of nitrogens with two attached hydrogens (primary N) is 1. The smallest absolute Gasteiger partial charge is 0.122 e. The van der Waals surface area contributed by atoms with Crippen LogP contribution in [0.3, 0.4) is 0 Å². The highest BCUT2D eigenvalue weighted by atomic mass is 79.9. The van der Waals surface area contributed by atoms with E-state index in [2.05, 4.69) is 34.3 Å². The Hall–Kier alpha value is -0.590. The van der Waals surface area contributed by atoms with Gasteiger partial charge >= 0.3 is 0 Å². The van der Waals surface area contributed by atoms with Crippen LogP contribution in [0, 0.1) is 6.92 Å². The molecule has 0 saturated heterocycles. The molecule has 1 unspecified atom stereocenters. The van der Waals surface area contributed by atoms with Crippen LogP contribution < -0.4 is 16.0 Å². The van der Waals surface area contributed by atoms with Crippen LogP contribution in [0.1, 0.15) is 22.0 Å². The molecule has 2 rings (SSSR count). The van der Waals surface area contributed by atoms with Crippen molar-refractivity contribution in [3.63, 3.8) is 0 Å². The second-order valence-electron chi connectivity index (χ2n) is 4.49. The Labute approximate surface area is 136 Å². The molecular formula is C14H16BrClN2OS. The van der Waals surface area contributed by atoms with Crippen molar-refractivity contribution in [2.75, 3.05) is 7.11 Å². The summed E-state index contributed by atoms with van der Waals surface area (Å²) in [6, 6.07) is 7.77. The number of halogens is 2. The molecule has 20 heavy (non-hydrogen) atoms. The molecule has 0 aliphatic heterocycles. The number of rotatable bonds is 5. The maximum Gasteiger partial charge on any atom is 0.122 e. The van der Waals surface area contributed by atoms with Gasteiger partial charge in [-0.25, -0.2) is 0 Å². The van der Waals surface area contributed by atoms with Gasteiger partial charge in [-0.3, -0.25) is 11.3 Å². The zero-order valence-corrected chi connectivity index (χ0v) is 14.4. The topological polar surface area (TPSA) is 47.3 Å². The largest absolute Gasteiger partial charge is 0.496 e. The molecule has 0 fully saturated rings. The van der Waals surface area contributed by atoms with Crippen LogP contribution in [0.4, 0.5) is 0 Å². The van der Waals surface area contributed by atoms with Gasteiger partial charge in [-0.05, 0) is 64.7 Å². The van der Waals surface area contributed by atoms with Crippen LogP contribution in [0.25, 0.3) is 0 Å². The summed E-state index contributed by atoms with van der Waals surface area (Å²) in [4.78, 5) is 1.18. The molecule has 0 aliphatic rings. The van der Waals surface area contributed by atoms with Crippen LogP contribution in [-0.2, 0) is 6.42 Å². The third-order valence-electron chi connectivity index (χ3n) is 3.09. The van der Waals surface area contributed by atoms with Gasteiger partial charge in [-0.15, -0.1) is 11.3 Å². The third kappa shape index (κ3) is 3.54. The average molecular weight is 376 g/mol. The van der Waals surface area contributed by atoms with Crippen molar-refractivity contribution in [2.24, 2.45) is 5.84 Å². The molecule has 1 atom stereocenters. The summed E-state index contributed by atoms with van der Waals surface area (Å²) in [5.74, 6) is 6.53. The number of hydrogen-bond donors (Lipinski definition) is 2. The summed E-state index contributed by atoms with van der Waals surface area (Å²) in [6.07, 6.45) is 0.715. The summed E-state index contributed by atoms with van der Waals surface area (Å²) >= 11 is 11.3. The molecule has 1 aromatic carbocycles. The van der Waals surface area contributed by atoms with E-state index in [4.69, 9.17) is 22.2 Å². The Morgan fingerprint density at radius 2 is 2.20 bits per heavy atom. The van der Waals surface area contributed by atoms with Crippen molar-refractivity contribution in [1.29, 1.82) is 0 Å². The fourth-order valence-corrected chi connectivity index (χ4v) is 3.85. The molecule has 1 heterocycles. The SMILES string of the molecule is COc1ccc(Cl)cc1CC(NN)c1cc(C)c(Br)s1. The number of nitrogens with one attached hydrogen (secondary N) is 1. The summed E-state index contributed by atoms with van der Waals surface area (Å²) in [5.41, 5.74) is 5.11. The Bertz CT molecular complexity index is 583. The van der Waals surface area contributed by atoms with Gasteiger partial charge in [-0.2, -0.15) is 0 Å². The fraction of sp³-hybridized carbons (Fsp3) is 0.286. The minimum absolute atomic E-state index is 0.0253. The van der Waals surface area contributed by atoms with E-state index in [0.29, 0.717) is 11.4 Å². The Morgan fingerprint density at radius 3 is 2.75 bits per heavy atom. The first kappa shape index (κ1) is 15.8. The first-order valence-corrected chi connectivity index (χ1v) is 8.08. The van der Waals surface area contributed by atoms with E-state index in [1.54, 1.807) is 18.4 Å². The highest BCUT2D eigenvalue weighted by molar-refractivity contribution is 9.11. The lowest BCUT2D eigenvalue weighted by molar-refractivity contribution is 0.406. The van der Waals surface area contributed by atoms with Crippen LogP contribution in [0.15, 0.2) is 28.1 Å². The lowest BCUT2D eigenvalue weighted by Gasteiger charge is -2.16. The van der Waals surface area contributed by atoms with Crippen LogP contribution in [-0.4, -0.2) is 7.11 Å². The molecule has 0 bridgehead atoms. The van der Waals surface area contributed by atoms with E-state index in [1.165, 1.54) is 10.4 Å². The summed E-state index contributed by atoms with van der Waals surface area (Å²) in [7, 11) is 1.66. The van der Waals surface area contributed by atoms with Crippen molar-refractivity contribution in [2.45, 2.75) is 19.4 Å². The number of aryl methyl sites for hydroxylation is 1. The van der Waals surface area contributed by atoms with Crippen LogP contribution >= 0.6 is 38.9 Å². The Kier molecular flexibility index (Phi) is 5.46. The maximum absolute atomic E-state index is 6.06. The molecule has 0 aliphatic carbocycles. The van der Waals surface area contributed by atoms with E-state index in [-0.39, 0.29) is 6.04 Å². The molecule has 6 heteroatoms. The van der Waals surface area contributed by atoms with Crippen molar-refractivity contribution >= 4 is 38.9 Å². The maximum atomic E-state index is 6.06. The molecule has 2 aromatic rings. The molecule has 1 aromatic heterocycles. The highest BCUT2D eigenvalue weighted by Crippen LogP contribution is 2.34. The van der Waals surface area contributed by atoms with Gasteiger partial charge in [0.1, 0.15) is 5.75 Å². The number of thiophene rings is 1. The first-order valence-electron chi connectivity index (χ1n) is 6.09. The Morgan fingerprint density at radius 1 is 1.45 bits per heavy atom. The number of hydrogen-bond acceptors (Lipinski definition) is 4. The molecule has 3 nitrogen and oxygen atoms in total. The summed E-state index contributed by atoms with van der Waals surface area (Å²) in [6.45, 7) is 2.07. The molecule has 0 saturated carbocycles. The zero-order valence-electron chi connectivity index (χ0n) is 11.2. The number of benzene rings is 1. The minimum Gasteiger partial charge on any atom is -0.496 e. The lowest BCUT2D eigenvalue weighted by atomic mass is 10.0. The molecule has 108 valence electrons. The predicted octanol–water partition coefficient (Wildman–Crippen LogP) is 4.23. The molecule has 0 amide bonds. The van der Waals surface area contributed by atoms with Crippen molar-refractivity contribution < 1.29 is 4.74 Å². The van der Waals surface area contributed by atoms with Crippen molar-refractivity contribution in [3.8, 4) is 5.75 Å². The summed E-state index contributed by atoms with van der Waals surface area (Å²) in [5, 5.41) is 0.695. The van der Waals surface area contributed by atoms with Gasteiger partial charge < -0.3 is 4.74 Å². The van der Waals surface area contributed by atoms with E-state index in [0.717, 1.165) is 15.1 Å². The van der Waals surface area contributed by atoms with Gasteiger partial charge in [0.15, 0.2) is 0 Å². The standard InChI is InChI=1S/C14H16BrClN2OS/c1-8-5-13(20-14(8)15)11(18-17)7-9-6-10(16)3-4-12(9)19-2/h3-6,11,18H,7,17H2,1-2H3. The quantitative estimate of drug-likeness (QED) is 0.607. The van der Waals surface area contributed by atoms with E-state index in [1.807, 2.05) is 18.2 Å². The van der Waals surface area contributed by atoms with Gasteiger partial charge in [0, 0.05) is 9.90 Å². The number of ether oxygens (including phenoxy) is 1. The minimum atomic E-state index is 0.0253. The highest BCUT2D eigenvalue weighted by Gasteiger charge is 2.17. The van der Waals surface area contributed by atoms with E-state index >= 15 is 0 Å². The molecule has 0 spiro atoms. The molecule has 0 radical (unpaired) electrons. The van der Waals surface area contributed by atoms with Crippen LogP contribution in [0.5, 0.6) is 5.75 Å². The second kappa shape index (κ2) is 6.91. The Balaban J connectivity index is 2.28. The predicted molar refractivity (Wildman–Crippen MR) is 88.5 cm³/mol. The first-order chi connectivity index (χ1) is 9.55. The van der Waals surface area contributed by atoms with Gasteiger partial charge in [-0.1, -0.05) is 11.6 Å². The second-order valence-corrected chi connectivity index (χ2v) is 7.32. The molecule has 3 N–H and O–H groups in total. The third-order valence-corrected chi connectivity index (χ3v) is 5.57. The van der Waals surface area contributed by atoms with Gasteiger partial charge in [0.2, 0.25) is 0 Å². The van der Waals surface area contributed by atoms with Crippen LogP contribution in [0.2, 0.25) is 5.02 Å². The normalized spacial score (nSPS) is 12.4. The lowest BCUT2D eigenvalue weighted by Crippen LogP contribution is -2.29. The van der Waals surface area contributed by atoms with Crippen molar-refractivity contribution in [3.05, 3.63) is 49.1 Å². The number of hydrazine groups is 1. The molecular weight excluding hydrogens is 360 g/mol. The monoisotopic (exact) mass is 374 g/mol. The number of methoxy groups -OCH3 is 1. The average Bonchev–Trinajstić information content (AvgIpc) is 2.76. The zero-order chi connectivity index (χ0) is 14.7. The van der Waals surface area contributed by atoms with E-state index in [9.17, 15) is 0 Å².